The van der Waals surface area contributed by atoms with Crippen molar-refractivity contribution in [3.05, 3.63) is 67.8 Å². The van der Waals surface area contributed by atoms with E-state index in [9.17, 15) is 18.0 Å². The topological polar surface area (TPSA) is 90.0 Å². The van der Waals surface area contributed by atoms with Gasteiger partial charge in [0.15, 0.2) is 11.3 Å². The lowest BCUT2D eigenvalue weighted by Gasteiger charge is -2.09. The SMILES string of the molecule is Cc1cc(C(F)(F)F)n2nc(C(=O)Nc3ncn(Cc4ccc(Cl)cc4Cl)n3)c(Br)c2n1. The van der Waals surface area contributed by atoms with Crippen molar-refractivity contribution >= 4 is 56.6 Å². The van der Waals surface area contributed by atoms with E-state index in [0.29, 0.717) is 14.6 Å². The van der Waals surface area contributed by atoms with Gasteiger partial charge < -0.3 is 0 Å². The fourth-order valence-corrected chi connectivity index (χ4v) is 3.86. The molecule has 0 saturated carbocycles. The average Bonchev–Trinajstić information content (AvgIpc) is 3.27. The molecule has 0 unspecified atom stereocenters. The fourth-order valence-electron chi connectivity index (χ4n) is 2.87. The first-order valence-corrected chi connectivity index (χ1v) is 10.4. The van der Waals surface area contributed by atoms with Crippen LogP contribution in [0.3, 0.4) is 0 Å². The second kappa shape index (κ2) is 8.34. The maximum absolute atomic E-state index is 13.4. The van der Waals surface area contributed by atoms with Gasteiger partial charge in [0.25, 0.3) is 5.91 Å². The molecule has 1 amide bonds. The van der Waals surface area contributed by atoms with Gasteiger partial charge in [0.2, 0.25) is 5.95 Å². The molecule has 166 valence electrons. The first-order valence-electron chi connectivity index (χ1n) is 8.80. The maximum Gasteiger partial charge on any atom is 0.433 e. The third-order valence-corrected chi connectivity index (χ3v) is 5.59. The Kier molecular flexibility index (Phi) is 5.86. The quantitative estimate of drug-likeness (QED) is 0.387. The number of alkyl halides is 3. The van der Waals surface area contributed by atoms with Gasteiger partial charge in [0.1, 0.15) is 12.0 Å². The van der Waals surface area contributed by atoms with E-state index in [1.807, 2.05) is 0 Å². The second-order valence-corrected chi connectivity index (χ2v) is 8.27. The van der Waals surface area contributed by atoms with Crippen molar-refractivity contribution in [3.8, 4) is 0 Å². The lowest BCUT2D eigenvalue weighted by molar-refractivity contribution is -0.142. The summed E-state index contributed by atoms with van der Waals surface area (Å²) in [6, 6.07) is 5.84. The number of aromatic nitrogens is 6. The summed E-state index contributed by atoms with van der Waals surface area (Å²) >= 11 is 15.1. The molecular formula is C18H11BrCl2F3N7O. The highest BCUT2D eigenvalue weighted by atomic mass is 79.9. The number of hydrogen-bond acceptors (Lipinski definition) is 5. The molecule has 0 aliphatic carbocycles. The van der Waals surface area contributed by atoms with E-state index in [1.54, 1.807) is 18.2 Å². The largest absolute Gasteiger partial charge is 0.433 e. The number of carbonyl (C=O) groups is 1. The van der Waals surface area contributed by atoms with Crippen LogP contribution in [0.25, 0.3) is 5.65 Å². The Morgan fingerprint density at radius 1 is 1.22 bits per heavy atom. The molecule has 0 atom stereocenters. The molecule has 8 nitrogen and oxygen atoms in total. The molecule has 0 saturated heterocycles. The molecule has 4 rings (SSSR count). The molecule has 0 aliphatic heterocycles. The Labute approximate surface area is 196 Å². The van der Waals surface area contributed by atoms with Crippen LogP contribution in [0.2, 0.25) is 10.0 Å². The highest BCUT2D eigenvalue weighted by Gasteiger charge is 2.36. The molecule has 3 aromatic heterocycles. The van der Waals surface area contributed by atoms with Crippen LogP contribution in [0, 0.1) is 6.92 Å². The van der Waals surface area contributed by atoms with Gasteiger partial charge in [-0.15, -0.1) is 5.10 Å². The number of amides is 1. The van der Waals surface area contributed by atoms with Gasteiger partial charge in [0.05, 0.1) is 11.0 Å². The third-order valence-electron chi connectivity index (χ3n) is 4.28. The van der Waals surface area contributed by atoms with E-state index in [0.717, 1.165) is 11.6 Å². The van der Waals surface area contributed by atoms with Crippen LogP contribution in [0.15, 0.2) is 35.1 Å². The third kappa shape index (κ3) is 4.43. The molecule has 0 radical (unpaired) electrons. The van der Waals surface area contributed by atoms with Crippen molar-refractivity contribution < 1.29 is 18.0 Å². The van der Waals surface area contributed by atoms with E-state index >= 15 is 0 Å². The number of fused-ring (bicyclic) bond motifs is 1. The van der Waals surface area contributed by atoms with Crippen LogP contribution in [0.4, 0.5) is 19.1 Å². The van der Waals surface area contributed by atoms with Gasteiger partial charge in [-0.05, 0) is 46.6 Å². The first kappa shape index (κ1) is 22.5. The maximum atomic E-state index is 13.4. The number of halogens is 6. The summed E-state index contributed by atoms with van der Waals surface area (Å²) in [5, 5.41) is 11.3. The van der Waals surface area contributed by atoms with Crippen molar-refractivity contribution in [1.29, 1.82) is 0 Å². The molecule has 1 N–H and O–H groups in total. The Morgan fingerprint density at radius 2 is 1.97 bits per heavy atom. The summed E-state index contributed by atoms with van der Waals surface area (Å²) in [4.78, 5) is 20.7. The summed E-state index contributed by atoms with van der Waals surface area (Å²) in [7, 11) is 0. The number of anilines is 1. The molecule has 14 heteroatoms. The van der Waals surface area contributed by atoms with Crippen LogP contribution in [-0.2, 0) is 12.7 Å². The predicted octanol–water partition coefficient (Wildman–Crippen LogP) is 5.02. The zero-order valence-electron chi connectivity index (χ0n) is 16.0. The van der Waals surface area contributed by atoms with Crippen LogP contribution in [0.1, 0.15) is 27.4 Å². The average molecular weight is 549 g/mol. The molecule has 0 bridgehead atoms. The zero-order chi connectivity index (χ0) is 23.2. The van der Waals surface area contributed by atoms with Crippen LogP contribution in [-0.4, -0.2) is 35.3 Å². The number of hydrogen-bond donors (Lipinski definition) is 1. The van der Waals surface area contributed by atoms with Gasteiger partial charge in [-0.1, -0.05) is 29.3 Å². The highest BCUT2D eigenvalue weighted by molar-refractivity contribution is 9.10. The molecule has 0 spiro atoms. The second-order valence-electron chi connectivity index (χ2n) is 6.63. The number of nitrogens with one attached hydrogen (secondary N) is 1. The van der Waals surface area contributed by atoms with Crippen molar-refractivity contribution in [2.75, 3.05) is 5.32 Å². The number of benzene rings is 1. The van der Waals surface area contributed by atoms with Gasteiger partial charge >= 0.3 is 6.18 Å². The monoisotopic (exact) mass is 547 g/mol. The van der Waals surface area contributed by atoms with Gasteiger partial charge in [-0.3, -0.25) is 10.1 Å². The molecule has 4 aromatic rings. The number of carbonyl (C=O) groups excluding carboxylic acids is 1. The molecule has 0 fully saturated rings. The zero-order valence-corrected chi connectivity index (χ0v) is 19.1. The summed E-state index contributed by atoms with van der Waals surface area (Å²) < 4.78 is 42.1. The van der Waals surface area contributed by atoms with Crippen LogP contribution >= 0.6 is 39.1 Å². The van der Waals surface area contributed by atoms with Crippen LogP contribution in [0.5, 0.6) is 0 Å². The molecule has 3 heterocycles. The van der Waals surface area contributed by atoms with Gasteiger partial charge in [0, 0.05) is 15.7 Å². The lowest BCUT2D eigenvalue weighted by atomic mass is 10.2. The van der Waals surface area contributed by atoms with Crippen molar-refractivity contribution in [2.45, 2.75) is 19.6 Å². The van der Waals surface area contributed by atoms with E-state index < -0.39 is 17.8 Å². The Hall–Kier alpha value is -2.70. The number of rotatable bonds is 4. The standard InChI is InChI=1S/C18H11BrCl2F3N7O/c1-8-4-12(18(22,23)24)31-15(26-8)13(19)14(28-31)16(32)27-17-25-7-30(29-17)6-9-2-3-10(20)5-11(9)21/h2-5,7H,6H2,1H3,(H,27,29,32). The summed E-state index contributed by atoms with van der Waals surface area (Å²) in [5.74, 6) is -0.875. The van der Waals surface area contributed by atoms with Gasteiger partial charge in [-0.25, -0.2) is 19.2 Å². The Morgan fingerprint density at radius 3 is 2.66 bits per heavy atom. The highest BCUT2D eigenvalue weighted by Crippen LogP contribution is 2.32. The Bertz CT molecular complexity index is 1350. The lowest BCUT2D eigenvalue weighted by Crippen LogP contribution is -2.16. The number of nitrogens with zero attached hydrogens (tertiary/aromatic N) is 6. The minimum Gasteiger partial charge on any atom is -0.288 e. The van der Waals surface area contributed by atoms with Gasteiger partial charge in [-0.2, -0.15) is 18.3 Å². The van der Waals surface area contributed by atoms with E-state index in [1.165, 1.54) is 17.9 Å². The normalized spacial score (nSPS) is 11.8. The predicted molar refractivity (Wildman–Crippen MR) is 114 cm³/mol. The van der Waals surface area contributed by atoms with E-state index in [-0.39, 0.29) is 34.0 Å². The molecular weight excluding hydrogens is 538 g/mol. The minimum atomic E-state index is -4.69. The summed E-state index contributed by atoms with van der Waals surface area (Å²) in [6.45, 7) is 1.67. The first-order chi connectivity index (χ1) is 15.0. The smallest absolute Gasteiger partial charge is 0.288 e. The summed E-state index contributed by atoms with van der Waals surface area (Å²) in [5.41, 5.74) is -0.646. The van der Waals surface area contributed by atoms with Crippen LogP contribution < -0.4 is 5.32 Å². The summed E-state index contributed by atoms with van der Waals surface area (Å²) in [6.07, 6.45) is -3.32. The van der Waals surface area contributed by atoms with E-state index in [2.05, 4.69) is 41.4 Å². The number of aryl methyl sites for hydroxylation is 1. The minimum absolute atomic E-state index is 0.0107. The Balaban J connectivity index is 1.59. The molecule has 32 heavy (non-hydrogen) atoms. The van der Waals surface area contributed by atoms with Crippen molar-refractivity contribution in [2.24, 2.45) is 0 Å². The molecule has 1 aromatic carbocycles. The molecule has 0 aliphatic rings. The van der Waals surface area contributed by atoms with Crippen molar-refractivity contribution in [3.63, 3.8) is 0 Å². The fraction of sp³-hybridized carbons (Fsp3) is 0.167. The van der Waals surface area contributed by atoms with Crippen molar-refractivity contribution in [1.82, 2.24) is 29.4 Å². The van der Waals surface area contributed by atoms with E-state index in [4.69, 9.17) is 23.2 Å².